The number of para-hydroxylation sites is 1. The number of nitrogens with zero attached hydrogens (tertiary/aromatic N) is 2. The van der Waals surface area contributed by atoms with Gasteiger partial charge in [-0.25, -0.2) is 0 Å². The van der Waals surface area contributed by atoms with E-state index in [-0.39, 0.29) is 0 Å². The zero-order valence-electron chi connectivity index (χ0n) is 9.89. The molecule has 1 saturated heterocycles. The Balaban J connectivity index is 1.60. The van der Waals surface area contributed by atoms with Crippen LogP contribution in [-0.2, 0) is 6.54 Å². The first-order chi connectivity index (χ1) is 8.40. The van der Waals surface area contributed by atoms with Gasteiger partial charge < -0.3 is 0 Å². The van der Waals surface area contributed by atoms with E-state index in [0.29, 0.717) is 0 Å². The lowest BCUT2D eigenvalue weighted by atomic mass is 9.77. The molecule has 4 rings (SSSR count). The maximum atomic E-state index is 4.14. The number of likely N-dealkylation sites (tertiary alicyclic amines) is 1. The number of rotatable bonds is 2. The fourth-order valence-corrected chi connectivity index (χ4v) is 3.39. The van der Waals surface area contributed by atoms with Crippen LogP contribution in [0.5, 0.6) is 0 Å². The van der Waals surface area contributed by atoms with Gasteiger partial charge in [0, 0.05) is 25.0 Å². The molecular formula is C14H17N3. The van der Waals surface area contributed by atoms with Crippen LogP contribution in [-0.4, -0.2) is 28.2 Å². The van der Waals surface area contributed by atoms with Crippen molar-refractivity contribution < 1.29 is 0 Å². The highest BCUT2D eigenvalue weighted by Gasteiger charge is 2.38. The number of nitrogens with one attached hydrogen (secondary N) is 1. The molecule has 3 heteroatoms. The lowest BCUT2D eigenvalue weighted by Gasteiger charge is -2.28. The molecule has 0 unspecified atom stereocenters. The molecule has 17 heavy (non-hydrogen) atoms. The molecule has 2 fully saturated rings. The lowest BCUT2D eigenvalue weighted by Crippen LogP contribution is -2.22. The zero-order valence-corrected chi connectivity index (χ0v) is 9.89. The molecule has 2 aliphatic rings. The Morgan fingerprint density at radius 1 is 1.24 bits per heavy atom. The highest BCUT2D eigenvalue weighted by Crippen LogP contribution is 2.40. The van der Waals surface area contributed by atoms with E-state index in [1.807, 2.05) is 6.20 Å². The first-order valence-corrected chi connectivity index (χ1v) is 6.53. The Kier molecular flexibility index (Phi) is 2.03. The average Bonchev–Trinajstić information content (AvgIpc) is 2.88. The minimum atomic E-state index is 0.996. The van der Waals surface area contributed by atoms with Crippen molar-refractivity contribution in [2.24, 2.45) is 11.8 Å². The molecule has 2 atom stereocenters. The van der Waals surface area contributed by atoms with Crippen molar-refractivity contribution in [3.8, 4) is 0 Å². The number of fused-ring (bicyclic) bond motifs is 2. The van der Waals surface area contributed by atoms with E-state index in [0.717, 1.165) is 18.4 Å². The summed E-state index contributed by atoms with van der Waals surface area (Å²) in [5.41, 5.74) is 2.60. The lowest BCUT2D eigenvalue weighted by molar-refractivity contribution is 0.243. The van der Waals surface area contributed by atoms with Crippen molar-refractivity contribution >= 4 is 10.9 Å². The minimum absolute atomic E-state index is 0.996. The third-order valence-electron chi connectivity index (χ3n) is 4.52. The van der Waals surface area contributed by atoms with Gasteiger partial charge in [-0.3, -0.25) is 10.00 Å². The van der Waals surface area contributed by atoms with Crippen LogP contribution in [0.15, 0.2) is 24.4 Å². The van der Waals surface area contributed by atoms with Crippen molar-refractivity contribution in [2.75, 3.05) is 13.1 Å². The van der Waals surface area contributed by atoms with Gasteiger partial charge in [-0.1, -0.05) is 18.2 Å². The van der Waals surface area contributed by atoms with Crippen molar-refractivity contribution in [3.05, 3.63) is 30.0 Å². The van der Waals surface area contributed by atoms with Crippen molar-refractivity contribution in [1.29, 1.82) is 0 Å². The van der Waals surface area contributed by atoms with Gasteiger partial charge in [-0.2, -0.15) is 5.10 Å². The number of hydrogen-bond donors (Lipinski definition) is 1. The summed E-state index contributed by atoms with van der Waals surface area (Å²) in [5.74, 6) is 1.99. The Morgan fingerprint density at radius 2 is 2.06 bits per heavy atom. The second kappa shape index (κ2) is 3.57. The molecule has 1 aromatic heterocycles. The quantitative estimate of drug-likeness (QED) is 0.854. The van der Waals surface area contributed by atoms with Crippen molar-refractivity contribution in [1.82, 2.24) is 15.1 Å². The van der Waals surface area contributed by atoms with E-state index in [2.05, 4.69) is 33.3 Å². The highest BCUT2D eigenvalue weighted by molar-refractivity contribution is 5.81. The molecule has 2 aromatic rings. The molecular weight excluding hydrogens is 210 g/mol. The molecule has 88 valence electrons. The molecule has 1 aliphatic heterocycles. The maximum Gasteiger partial charge on any atom is 0.0695 e. The summed E-state index contributed by atoms with van der Waals surface area (Å²) in [7, 11) is 0. The number of benzene rings is 1. The molecule has 1 saturated carbocycles. The van der Waals surface area contributed by atoms with Crippen LogP contribution in [0.1, 0.15) is 18.4 Å². The number of hydrogen-bond acceptors (Lipinski definition) is 2. The molecule has 0 radical (unpaired) electrons. The first-order valence-electron chi connectivity index (χ1n) is 6.53. The summed E-state index contributed by atoms with van der Waals surface area (Å²) in [6.07, 6.45) is 4.82. The van der Waals surface area contributed by atoms with Gasteiger partial charge >= 0.3 is 0 Å². The van der Waals surface area contributed by atoms with Crippen LogP contribution in [0.2, 0.25) is 0 Å². The molecule has 0 spiro atoms. The average molecular weight is 227 g/mol. The van der Waals surface area contributed by atoms with E-state index < -0.39 is 0 Å². The number of aromatic amines is 1. The summed E-state index contributed by atoms with van der Waals surface area (Å²) in [4.78, 5) is 2.61. The molecule has 0 amide bonds. The Bertz CT molecular complexity index is 533. The van der Waals surface area contributed by atoms with Crippen LogP contribution >= 0.6 is 0 Å². The summed E-state index contributed by atoms with van der Waals surface area (Å²) in [6, 6.07) is 6.48. The zero-order chi connectivity index (χ0) is 11.2. The number of aromatic nitrogens is 2. The van der Waals surface area contributed by atoms with Crippen LogP contribution in [0.25, 0.3) is 10.9 Å². The second-order valence-electron chi connectivity index (χ2n) is 5.54. The number of H-pyrrole nitrogens is 1. The van der Waals surface area contributed by atoms with Gasteiger partial charge in [0.25, 0.3) is 0 Å². The minimum Gasteiger partial charge on any atom is -0.298 e. The largest absolute Gasteiger partial charge is 0.298 e. The fourth-order valence-electron chi connectivity index (χ4n) is 3.39. The summed E-state index contributed by atoms with van der Waals surface area (Å²) in [6.45, 7) is 3.68. The molecule has 1 N–H and O–H groups in total. The van der Waals surface area contributed by atoms with Crippen LogP contribution < -0.4 is 0 Å². The van der Waals surface area contributed by atoms with E-state index >= 15 is 0 Å². The third-order valence-corrected chi connectivity index (χ3v) is 4.52. The van der Waals surface area contributed by atoms with Crippen LogP contribution in [0.4, 0.5) is 0 Å². The summed E-state index contributed by atoms with van der Waals surface area (Å²) in [5, 5.41) is 8.49. The van der Waals surface area contributed by atoms with Gasteiger partial charge in [-0.15, -0.1) is 0 Å². The van der Waals surface area contributed by atoms with E-state index in [1.54, 1.807) is 0 Å². The molecule has 1 aromatic carbocycles. The SMILES string of the molecule is c1cc(CN2C[C@H]3CC[C@H]3C2)c2[nH]ncc2c1. The summed E-state index contributed by atoms with van der Waals surface area (Å²) < 4.78 is 0. The predicted molar refractivity (Wildman–Crippen MR) is 67.6 cm³/mol. The van der Waals surface area contributed by atoms with E-state index in [1.165, 1.54) is 42.4 Å². The smallest absolute Gasteiger partial charge is 0.0695 e. The van der Waals surface area contributed by atoms with E-state index in [4.69, 9.17) is 0 Å². The maximum absolute atomic E-state index is 4.14. The van der Waals surface area contributed by atoms with Gasteiger partial charge in [0.1, 0.15) is 0 Å². The Hall–Kier alpha value is -1.35. The summed E-state index contributed by atoms with van der Waals surface area (Å²) >= 11 is 0. The first kappa shape index (κ1) is 9.66. The fraction of sp³-hybridized carbons (Fsp3) is 0.500. The Morgan fingerprint density at radius 3 is 2.82 bits per heavy atom. The third kappa shape index (κ3) is 1.49. The highest BCUT2D eigenvalue weighted by atomic mass is 15.2. The van der Waals surface area contributed by atoms with Gasteiger partial charge in [0.2, 0.25) is 0 Å². The predicted octanol–water partition coefficient (Wildman–Crippen LogP) is 2.40. The van der Waals surface area contributed by atoms with Gasteiger partial charge in [0.15, 0.2) is 0 Å². The van der Waals surface area contributed by atoms with Crippen LogP contribution in [0.3, 0.4) is 0 Å². The standard InChI is InChI=1S/C14H17N3/c1-2-10-6-15-16-14(10)13(3-1)9-17-7-11-4-5-12(11)8-17/h1-3,6,11-12H,4-5,7-9H2,(H,15,16)/t11-,12+. The van der Waals surface area contributed by atoms with Crippen LogP contribution in [0, 0.1) is 11.8 Å². The monoisotopic (exact) mass is 227 g/mol. The molecule has 3 nitrogen and oxygen atoms in total. The van der Waals surface area contributed by atoms with Crippen molar-refractivity contribution in [3.63, 3.8) is 0 Å². The van der Waals surface area contributed by atoms with Crippen molar-refractivity contribution in [2.45, 2.75) is 19.4 Å². The second-order valence-corrected chi connectivity index (χ2v) is 5.54. The van der Waals surface area contributed by atoms with Gasteiger partial charge in [-0.05, 0) is 30.2 Å². The van der Waals surface area contributed by atoms with Gasteiger partial charge in [0.05, 0.1) is 11.7 Å². The Labute approximate surface area is 101 Å². The normalized spacial score (nSPS) is 28.2. The molecule has 0 bridgehead atoms. The molecule has 1 aliphatic carbocycles. The van der Waals surface area contributed by atoms with E-state index in [9.17, 15) is 0 Å². The molecule has 2 heterocycles. The topological polar surface area (TPSA) is 31.9 Å².